The van der Waals surface area contributed by atoms with Crippen molar-refractivity contribution in [1.29, 1.82) is 0 Å². The Bertz CT molecular complexity index is 1080. The summed E-state index contributed by atoms with van der Waals surface area (Å²) in [6.45, 7) is 4.34. The zero-order valence-corrected chi connectivity index (χ0v) is 14.5. The van der Waals surface area contributed by atoms with Crippen LogP contribution in [0.15, 0.2) is 30.6 Å². The van der Waals surface area contributed by atoms with Gasteiger partial charge in [-0.2, -0.15) is 0 Å². The van der Waals surface area contributed by atoms with Crippen molar-refractivity contribution in [2.75, 3.05) is 13.6 Å². The van der Waals surface area contributed by atoms with Gasteiger partial charge in [-0.3, -0.25) is 0 Å². The predicted molar refractivity (Wildman–Crippen MR) is 95.5 cm³/mol. The van der Waals surface area contributed by atoms with Gasteiger partial charge >= 0.3 is 0 Å². The molecule has 1 aliphatic rings. The maximum atomic E-state index is 4.86. The first kappa shape index (κ1) is 14.1. The van der Waals surface area contributed by atoms with Crippen LogP contribution in [0.3, 0.4) is 0 Å². The van der Waals surface area contributed by atoms with Gasteiger partial charge in [-0.25, -0.2) is 14.5 Å². The van der Waals surface area contributed by atoms with Crippen molar-refractivity contribution in [3.8, 4) is 11.4 Å². The van der Waals surface area contributed by atoms with Crippen LogP contribution >= 0.6 is 11.3 Å². The number of quaternary nitrogens is 1. The third-order valence-electron chi connectivity index (χ3n) is 4.75. The minimum Gasteiger partial charge on any atom is -0.333 e. The van der Waals surface area contributed by atoms with Crippen LogP contribution in [0, 0.1) is 6.92 Å². The molecule has 0 aliphatic carbocycles. The van der Waals surface area contributed by atoms with Crippen LogP contribution in [0.2, 0.25) is 0 Å². The smallest absolute Gasteiger partial charge is 0.182 e. The van der Waals surface area contributed by atoms with E-state index < -0.39 is 0 Å². The Balaban J connectivity index is 1.76. The molecule has 0 bridgehead atoms. The second kappa shape index (κ2) is 5.09. The van der Waals surface area contributed by atoms with E-state index in [2.05, 4.69) is 48.3 Å². The fraction of sp³-hybridized carbons (Fsp3) is 0.278. The topological polar surface area (TPSA) is 47.5 Å². The summed E-state index contributed by atoms with van der Waals surface area (Å²) in [5.41, 5.74) is 4.64. The van der Waals surface area contributed by atoms with Crippen molar-refractivity contribution in [3.05, 3.63) is 46.6 Å². The van der Waals surface area contributed by atoms with E-state index in [1.165, 1.54) is 27.9 Å². The van der Waals surface area contributed by atoms with Crippen molar-refractivity contribution in [2.45, 2.75) is 19.9 Å². The van der Waals surface area contributed by atoms with E-state index in [0.717, 1.165) is 34.8 Å². The lowest BCUT2D eigenvalue weighted by atomic mass is 10.1. The minimum atomic E-state index is 0.770. The molecular weight excluding hydrogens is 318 g/mol. The zero-order valence-electron chi connectivity index (χ0n) is 13.7. The number of aryl methyl sites for hydroxylation is 1. The molecule has 0 amide bonds. The molecule has 0 radical (unpaired) electrons. The molecule has 4 heterocycles. The fourth-order valence-electron chi connectivity index (χ4n) is 3.52. The van der Waals surface area contributed by atoms with E-state index in [0.29, 0.717) is 0 Å². The number of hydrogen-bond donors (Lipinski definition) is 1. The van der Waals surface area contributed by atoms with Gasteiger partial charge in [0.25, 0.3) is 0 Å². The number of aromatic nitrogens is 4. The monoisotopic (exact) mass is 336 g/mol. The van der Waals surface area contributed by atoms with Crippen LogP contribution in [0.25, 0.3) is 27.3 Å². The predicted octanol–water partition coefficient (Wildman–Crippen LogP) is 1.89. The van der Waals surface area contributed by atoms with Gasteiger partial charge in [0.2, 0.25) is 0 Å². The molecule has 0 saturated heterocycles. The van der Waals surface area contributed by atoms with E-state index in [4.69, 9.17) is 4.98 Å². The highest BCUT2D eigenvalue weighted by molar-refractivity contribution is 7.19. The quantitative estimate of drug-likeness (QED) is 0.577. The number of nitrogens with one attached hydrogen (secondary N) is 1. The van der Waals surface area contributed by atoms with Crippen LogP contribution in [-0.4, -0.2) is 33.2 Å². The van der Waals surface area contributed by atoms with Crippen LogP contribution in [-0.2, 0) is 13.0 Å². The zero-order chi connectivity index (χ0) is 16.3. The van der Waals surface area contributed by atoms with E-state index in [1.807, 2.05) is 15.9 Å². The summed E-state index contributed by atoms with van der Waals surface area (Å²) < 4.78 is 1.83. The number of thiophene rings is 1. The number of nitrogens with zero attached hydrogens (tertiary/aromatic N) is 4. The average molecular weight is 336 g/mol. The lowest BCUT2D eigenvalue weighted by molar-refractivity contribution is -0.895. The van der Waals surface area contributed by atoms with Gasteiger partial charge in [0, 0.05) is 12.0 Å². The number of rotatable bonds is 1. The Morgan fingerprint density at radius 2 is 2.21 bits per heavy atom. The van der Waals surface area contributed by atoms with Crippen LogP contribution < -0.4 is 4.90 Å². The van der Waals surface area contributed by atoms with Gasteiger partial charge < -0.3 is 4.90 Å². The lowest BCUT2D eigenvalue weighted by Crippen LogP contribution is -3.08. The molecule has 0 spiro atoms. The van der Waals surface area contributed by atoms with Crippen LogP contribution in [0.4, 0.5) is 0 Å². The summed E-state index contributed by atoms with van der Waals surface area (Å²) in [5, 5.41) is 5.87. The molecule has 1 atom stereocenters. The van der Waals surface area contributed by atoms with Crippen LogP contribution in [0.5, 0.6) is 0 Å². The van der Waals surface area contributed by atoms with Gasteiger partial charge in [-0.05, 0) is 18.6 Å². The van der Waals surface area contributed by atoms with Crippen molar-refractivity contribution in [2.24, 2.45) is 0 Å². The van der Waals surface area contributed by atoms with E-state index >= 15 is 0 Å². The van der Waals surface area contributed by atoms with E-state index in [1.54, 1.807) is 11.2 Å². The second-order valence-electron chi connectivity index (χ2n) is 6.64. The SMILES string of the molecule is Cc1cccc(-c2nc3c4c5c(sc4ncn3n2)C[NH+](C)CC5)c1. The highest BCUT2D eigenvalue weighted by atomic mass is 32.1. The summed E-state index contributed by atoms with van der Waals surface area (Å²) in [6.07, 6.45) is 2.89. The molecule has 0 saturated carbocycles. The van der Waals surface area contributed by atoms with Gasteiger partial charge in [-0.15, -0.1) is 16.4 Å². The lowest BCUT2D eigenvalue weighted by Gasteiger charge is -2.19. The van der Waals surface area contributed by atoms with Gasteiger partial charge in [0.1, 0.15) is 17.7 Å². The molecule has 1 aliphatic heterocycles. The number of benzene rings is 1. The maximum absolute atomic E-state index is 4.86. The third-order valence-corrected chi connectivity index (χ3v) is 5.89. The van der Waals surface area contributed by atoms with Crippen molar-refractivity contribution < 1.29 is 4.90 Å². The largest absolute Gasteiger partial charge is 0.333 e. The molecule has 5 rings (SSSR count). The van der Waals surface area contributed by atoms with E-state index in [-0.39, 0.29) is 0 Å². The van der Waals surface area contributed by atoms with Gasteiger partial charge in [-0.1, -0.05) is 23.8 Å². The molecule has 4 aromatic rings. The molecular formula is C18H18N5S+. The van der Waals surface area contributed by atoms with Gasteiger partial charge in [0.05, 0.1) is 23.9 Å². The highest BCUT2D eigenvalue weighted by Gasteiger charge is 2.24. The van der Waals surface area contributed by atoms with Gasteiger partial charge in [0.15, 0.2) is 11.5 Å². The summed E-state index contributed by atoms with van der Waals surface area (Å²) in [6, 6.07) is 8.33. The molecule has 6 heteroatoms. The van der Waals surface area contributed by atoms with Crippen molar-refractivity contribution in [1.82, 2.24) is 19.6 Å². The Morgan fingerprint density at radius 1 is 1.29 bits per heavy atom. The Morgan fingerprint density at radius 3 is 3.08 bits per heavy atom. The maximum Gasteiger partial charge on any atom is 0.182 e. The van der Waals surface area contributed by atoms with Crippen molar-refractivity contribution in [3.63, 3.8) is 0 Å². The first-order valence-corrected chi connectivity index (χ1v) is 9.04. The average Bonchev–Trinajstić information content (AvgIpc) is 3.14. The number of likely N-dealkylation sites (N-methyl/N-ethyl adjacent to an activating group) is 1. The Kier molecular flexibility index (Phi) is 2.98. The molecule has 1 unspecified atom stereocenters. The highest BCUT2D eigenvalue weighted by Crippen LogP contribution is 2.33. The Labute approximate surface area is 143 Å². The molecule has 120 valence electrons. The number of hydrogen-bond acceptors (Lipinski definition) is 4. The summed E-state index contributed by atoms with van der Waals surface area (Å²) >= 11 is 1.81. The normalized spacial score (nSPS) is 17.5. The summed E-state index contributed by atoms with van der Waals surface area (Å²) in [4.78, 5) is 13.6. The molecule has 0 fully saturated rings. The minimum absolute atomic E-state index is 0.770. The standard InChI is InChI=1S/C18H17N5S/c1-11-4-3-5-12(8-11)16-20-17-15-13-6-7-22(2)9-14(13)24-18(15)19-10-23(17)21-16/h3-5,8,10H,6-7,9H2,1-2H3/p+1. The molecule has 5 nitrogen and oxygen atoms in total. The summed E-state index contributed by atoms with van der Waals surface area (Å²) in [7, 11) is 2.25. The summed E-state index contributed by atoms with van der Waals surface area (Å²) in [5.74, 6) is 0.770. The van der Waals surface area contributed by atoms with E-state index in [9.17, 15) is 0 Å². The number of fused-ring (bicyclic) bond motifs is 5. The first-order chi connectivity index (χ1) is 11.7. The third kappa shape index (κ3) is 2.07. The fourth-order valence-corrected chi connectivity index (χ4v) is 4.81. The second-order valence-corrected chi connectivity index (χ2v) is 7.72. The van der Waals surface area contributed by atoms with Crippen LogP contribution in [0.1, 0.15) is 16.0 Å². The molecule has 24 heavy (non-hydrogen) atoms. The molecule has 1 N–H and O–H groups in total. The molecule has 3 aromatic heterocycles. The van der Waals surface area contributed by atoms with Crippen molar-refractivity contribution >= 4 is 27.2 Å². The Hall–Kier alpha value is -2.31. The first-order valence-electron chi connectivity index (χ1n) is 8.23. The molecule has 1 aromatic carbocycles.